The second kappa shape index (κ2) is 16.2. The van der Waals surface area contributed by atoms with Crippen molar-refractivity contribution in [2.24, 2.45) is 0 Å². The summed E-state index contributed by atoms with van der Waals surface area (Å²) in [6.45, 7) is 8.60. The molecule has 0 aromatic heterocycles. The van der Waals surface area contributed by atoms with Crippen LogP contribution in [0.25, 0.3) is 0 Å². The molecule has 38 heavy (non-hydrogen) atoms. The van der Waals surface area contributed by atoms with Gasteiger partial charge in [-0.05, 0) is 35.7 Å². The molecule has 0 saturated carbocycles. The number of rotatable bonds is 11. The number of benzene rings is 2. The Morgan fingerprint density at radius 1 is 0.895 bits per heavy atom. The number of nitrogens with one attached hydrogen (secondary N) is 1. The summed E-state index contributed by atoms with van der Waals surface area (Å²) in [5.74, 6) is -2.49. The third kappa shape index (κ3) is 11.2. The normalized spacial score (nSPS) is 13.1. The topological polar surface area (TPSA) is 138 Å². The summed E-state index contributed by atoms with van der Waals surface area (Å²) in [6.07, 6.45) is 0. The number of carbonyl (C=O) groups is 3. The van der Waals surface area contributed by atoms with Crippen molar-refractivity contribution >= 4 is 17.8 Å². The second-order valence-corrected chi connectivity index (χ2v) is 8.71. The third-order valence-corrected chi connectivity index (χ3v) is 5.53. The van der Waals surface area contributed by atoms with Gasteiger partial charge >= 0.3 is 11.9 Å². The Bertz CT molecular complexity index is 1030. The Hall–Kier alpha value is -3.67. The zero-order chi connectivity index (χ0) is 27.9. The maximum Gasteiger partial charge on any atom is 0.414 e. The van der Waals surface area contributed by atoms with Gasteiger partial charge < -0.3 is 34.6 Å². The van der Waals surface area contributed by atoms with Crippen LogP contribution in [0.4, 0.5) is 0 Å². The van der Waals surface area contributed by atoms with E-state index < -0.39 is 11.9 Å². The number of carboxylic acid groups (broad SMARTS) is 2. The standard InChI is InChI=1S/C25H35N3O4.C2H2O4/c1-4-31-24-15-22(9-10-23(24)32-19-25(29)27(2)3)17-26-16-20-5-7-21(8-6-20)18-28-11-13-30-14-12-28;3-1(4)2(5)6/h5-10,15,26H,4,11-14,16-19H2,1-3H3;(H,3,4)(H,5,6). The van der Waals surface area contributed by atoms with Crippen molar-refractivity contribution in [1.82, 2.24) is 15.1 Å². The number of morpholine rings is 1. The highest BCUT2D eigenvalue weighted by Crippen LogP contribution is 2.28. The number of ether oxygens (including phenoxy) is 3. The largest absolute Gasteiger partial charge is 0.490 e. The monoisotopic (exact) mass is 531 g/mol. The van der Waals surface area contributed by atoms with Gasteiger partial charge in [0.2, 0.25) is 0 Å². The number of amides is 1. The molecule has 0 aliphatic carbocycles. The van der Waals surface area contributed by atoms with E-state index in [2.05, 4.69) is 34.5 Å². The summed E-state index contributed by atoms with van der Waals surface area (Å²) in [6, 6.07) is 14.6. The predicted molar refractivity (Wildman–Crippen MR) is 140 cm³/mol. The molecule has 0 bridgehead atoms. The van der Waals surface area contributed by atoms with Crippen molar-refractivity contribution in [3.05, 3.63) is 59.2 Å². The van der Waals surface area contributed by atoms with E-state index in [1.165, 1.54) is 16.0 Å². The van der Waals surface area contributed by atoms with Crippen LogP contribution < -0.4 is 14.8 Å². The Kier molecular flexibility index (Phi) is 13.0. The summed E-state index contributed by atoms with van der Waals surface area (Å²) >= 11 is 0. The lowest BCUT2D eigenvalue weighted by Gasteiger charge is -2.26. The van der Waals surface area contributed by atoms with Gasteiger partial charge in [-0.25, -0.2) is 9.59 Å². The lowest BCUT2D eigenvalue weighted by atomic mass is 10.1. The van der Waals surface area contributed by atoms with E-state index >= 15 is 0 Å². The highest BCUT2D eigenvalue weighted by atomic mass is 16.5. The molecule has 1 aliphatic rings. The molecule has 0 atom stereocenters. The molecular weight excluding hydrogens is 494 g/mol. The van der Waals surface area contributed by atoms with E-state index in [1.807, 2.05) is 25.1 Å². The van der Waals surface area contributed by atoms with Gasteiger partial charge in [0.05, 0.1) is 19.8 Å². The fourth-order valence-corrected chi connectivity index (χ4v) is 3.45. The Morgan fingerprint density at radius 2 is 1.47 bits per heavy atom. The van der Waals surface area contributed by atoms with Gasteiger partial charge in [0.25, 0.3) is 5.91 Å². The van der Waals surface area contributed by atoms with E-state index in [4.69, 9.17) is 34.0 Å². The number of aliphatic carboxylic acids is 2. The fourth-order valence-electron chi connectivity index (χ4n) is 3.45. The van der Waals surface area contributed by atoms with Crippen molar-refractivity contribution in [2.75, 3.05) is 53.6 Å². The molecule has 11 heteroatoms. The molecule has 1 heterocycles. The number of nitrogens with zero attached hydrogens (tertiary/aromatic N) is 2. The Labute approximate surface area is 222 Å². The molecule has 1 amide bonds. The molecule has 1 saturated heterocycles. The minimum absolute atomic E-state index is 0.00773. The summed E-state index contributed by atoms with van der Waals surface area (Å²) in [7, 11) is 3.42. The lowest BCUT2D eigenvalue weighted by molar-refractivity contribution is -0.159. The molecule has 1 fully saturated rings. The molecule has 208 valence electrons. The van der Waals surface area contributed by atoms with Gasteiger partial charge in [-0.1, -0.05) is 30.3 Å². The number of carbonyl (C=O) groups excluding carboxylic acids is 1. The molecule has 0 unspecified atom stereocenters. The molecule has 11 nitrogen and oxygen atoms in total. The first-order valence-corrected chi connectivity index (χ1v) is 12.3. The highest BCUT2D eigenvalue weighted by molar-refractivity contribution is 6.27. The van der Waals surface area contributed by atoms with Crippen molar-refractivity contribution in [1.29, 1.82) is 0 Å². The van der Waals surface area contributed by atoms with Crippen molar-refractivity contribution in [3.8, 4) is 11.5 Å². The van der Waals surface area contributed by atoms with Crippen LogP contribution in [0.3, 0.4) is 0 Å². The molecule has 0 radical (unpaired) electrons. The highest BCUT2D eigenvalue weighted by Gasteiger charge is 2.12. The average Bonchev–Trinajstić information content (AvgIpc) is 2.90. The van der Waals surface area contributed by atoms with Crippen LogP contribution in [0.15, 0.2) is 42.5 Å². The van der Waals surface area contributed by atoms with Crippen LogP contribution >= 0.6 is 0 Å². The van der Waals surface area contributed by atoms with Crippen LogP contribution in [-0.4, -0.2) is 91.5 Å². The van der Waals surface area contributed by atoms with Gasteiger partial charge in [0, 0.05) is 46.8 Å². The SMILES string of the molecule is CCOc1cc(CNCc2ccc(CN3CCOCC3)cc2)ccc1OCC(=O)N(C)C.O=C(O)C(=O)O. The summed E-state index contributed by atoms with van der Waals surface area (Å²) < 4.78 is 16.8. The summed E-state index contributed by atoms with van der Waals surface area (Å²) in [5.41, 5.74) is 3.69. The first-order valence-electron chi connectivity index (χ1n) is 12.3. The van der Waals surface area contributed by atoms with Crippen LogP contribution in [-0.2, 0) is 38.8 Å². The molecule has 3 rings (SSSR count). The second-order valence-electron chi connectivity index (χ2n) is 8.71. The van der Waals surface area contributed by atoms with Gasteiger partial charge in [-0.3, -0.25) is 9.69 Å². The van der Waals surface area contributed by atoms with Crippen molar-refractivity contribution in [3.63, 3.8) is 0 Å². The fraction of sp³-hybridized carbons (Fsp3) is 0.444. The first-order chi connectivity index (χ1) is 18.2. The minimum Gasteiger partial charge on any atom is -0.490 e. The summed E-state index contributed by atoms with van der Waals surface area (Å²) in [4.78, 5) is 33.9. The van der Waals surface area contributed by atoms with Gasteiger partial charge in [0.1, 0.15) is 0 Å². The smallest absolute Gasteiger partial charge is 0.414 e. The van der Waals surface area contributed by atoms with E-state index in [0.29, 0.717) is 24.7 Å². The Balaban J connectivity index is 0.000000757. The van der Waals surface area contributed by atoms with Crippen LogP contribution in [0, 0.1) is 0 Å². The van der Waals surface area contributed by atoms with E-state index in [-0.39, 0.29) is 12.5 Å². The van der Waals surface area contributed by atoms with E-state index in [0.717, 1.165) is 45.0 Å². The van der Waals surface area contributed by atoms with E-state index in [9.17, 15) is 4.79 Å². The molecule has 2 aromatic rings. The number of likely N-dealkylation sites (N-methyl/N-ethyl adjacent to an activating group) is 1. The van der Waals surface area contributed by atoms with E-state index in [1.54, 1.807) is 14.1 Å². The maximum atomic E-state index is 11.8. The molecule has 3 N–H and O–H groups in total. The predicted octanol–water partition coefficient (Wildman–Crippen LogP) is 1.83. The third-order valence-electron chi connectivity index (χ3n) is 5.53. The van der Waals surface area contributed by atoms with Gasteiger partial charge in [-0.15, -0.1) is 0 Å². The number of carboxylic acids is 2. The lowest BCUT2D eigenvalue weighted by Crippen LogP contribution is -2.35. The maximum absolute atomic E-state index is 11.8. The minimum atomic E-state index is -1.82. The molecule has 0 spiro atoms. The van der Waals surface area contributed by atoms with Gasteiger partial charge in [0.15, 0.2) is 18.1 Å². The van der Waals surface area contributed by atoms with Crippen molar-refractivity contribution in [2.45, 2.75) is 26.6 Å². The average molecular weight is 532 g/mol. The molecule has 1 aliphatic heterocycles. The first kappa shape index (κ1) is 30.6. The number of hydrogen-bond acceptors (Lipinski definition) is 8. The van der Waals surface area contributed by atoms with Crippen molar-refractivity contribution < 1.29 is 38.8 Å². The van der Waals surface area contributed by atoms with Gasteiger partial charge in [-0.2, -0.15) is 0 Å². The van der Waals surface area contributed by atoms with Crippen LogP contribution in [0.2, 0.25) is 0 Å². The quantitative estimate of drug-likeness (QED) is 0.368. The summed E-state index contributed by atoms with van der Waals surface area (Å²) in [5, 5.41) is 18.3. The zero-order valence-electron chi connectivity index (χ0n) is 22.1. The molecule has 2 aromatic carbocycles. The Morgan fingerprint density at radius 3 is 2.05 bits per heavy atom. The zero-order valence-corrected chi connectivity index (χ0v) is 22.1. The van der Waals surface area contributed by atoms with Crippen LogP contribution in [0.1, 0.15) is 23.6 Å². The molecular formula is C27H37N3O8. The van der Waals surface area contributed by atoms with Crippen LogP contribution in [0.5, 0.6) is 11.5 Å². The number of hydrogen-bond donors (Lipinski definition) is 3.